The summed E-state index contributed by atoms with van der Waals surface area (Å²) in [5.74, 6) is -1.52. The summed E-state index contributed by atoms with van der Waals surface area (Å²) in [6, 6.07) is 0.447. The van der Waals surface area contributed by atoms with E-state index in [0.717, 1.165) is 0 Å². The molecule has 2 aromatic rings. The zero-order chi connectivity index (χ0) is 18.7. The van der Waals surface area contributed by atoms with Gasteiger partial charge in [-0.2, -0.15) is 9.78 Å². The van der Waals surface area contributed by atoms with Crippen molar-refractivity contribution in [3.63, 3.8) is 0 Å². The van der Waals surface area contributed by atoms with Gasteiger partial charge in [-0.1, -0.05) is 0 Å². The number of amides is 1. The molecule has 2 rings (SSSR count). The first-order valence-electron chi connectivity index (χ1n) is 7.45. The van der Waals surface area contributed by atoms with Crippen LogP contribution >= 0.6 is 0 Å². The monoisotopic (exact) mass is 350 g/mol. The third-order valence-electron chi connectivity index (χ3n) is 3.57. The van der Waals surface area contributed by atoms with Crippen molar-refractivity contribution in [2.45, 2.75) is 33.4 Å². The molecule has 11 nitrogen and oxygen atoms in total. The van der Waals surface area contributed by atoms with Crippen molar-refractivity contribution in [1.29, 1.82) is 0 Å². The fourth-order valence-corrected chi connectivity index (χ4v) is 2.22. The number of aryl methyl sites for hydroxylation is 2. The average Bonchev–Trinajstić information content (AvgIpc) is 3.17. The number of esters is 1. The second-order valence-corrected chi connectivity index (χ2v) is 5.25. The van der Waals surface area contributed by atoms with Crippen LogP contribution in [0.2, 0.25) is 0 Å². The van der Waals surface area contributed by atoms with Gasteiger partial charge in [-0.05, 0) is 25.7 Å². The summed E-state index contributed by atoms with van der Waals surface area (Å²) < 4.78 is 7.38. The minimum absolute atomic E-state index is 0.0203. The first kappa shape index (κ1) is 18.1. The zero-order valence-corrected chi connectivity index (χ0v) is 14.2. The van der Waals surface area contributed by atoms with Crippen LogP contribution in [0.4, 0.5) is 11.5 Å². The van der Waals surface area contributed by atoms with Gasteiger partial charge >= 0.3 is 11.8 Å². The van der Waals surface area contributed by atoms with Crippen molar-refractivity contribution in [1.82, 2.24) is 19.6 Å². The lowest BCUT2D eigenvalue weighted by Crippen LogP contribution is -2.26. The Bertz CT molecular complexity index is 824. The highest BCUT2D eigenvalue weighted by molar-refractivity contribution is 6.00. The Morgan fingerprint density at radius 3 is 2.64 bits per heavy atom. The van der Waals surface area contributed by atoms with Crippen molar-refractivity contribution in [2.75, 3.05) is 12.4 Å². The van der Waals surface area contributed by atoms with Crippen LogP contribution in [0.25, 0.3) is 0 Å². The number of aromatic nitrogens is 4. The van der Waals surface area contributed by atoms with Crippen LogP contribution in [0.5, 0.6) is 0 Å². The molecule has 1 atom stereocenters. The number of nitrogens with one attached hydrogen (secondary N) is 1. The van der Waals surface area contributed by atoms with Gasteiger partial charge in [0.15, 0.2) is 5.69 Å². The summed E-state index contributed by atoms with van der Waals surface area (Å²) >= 11 is 0. The van der Waals surface area contributed by atoms with Gasteiger partial charge in [0.2, 0.25) is 0 Å². The lowest BCUT2D eigenvalue weighted by Gasteiger charge is -2.11. The molecule has 0 aliphatic rings. The number of rotatable bonds is 6. The summed E-state index contributed by atoms with van der Waals surface area (Å²) in [4.78, 5) is 34.4. The highest BCUT2D eigenvalue weighted by atomic mass is 16.6. The number of anilines is 1. The van der Waals surface area contributed by atoms with Crippen molar-refractivity contribution in [3.8, 4) is 0 Å². The molecule has 25 heavy (non-hydrogen) atoms. The first-order chi connectivity index (χ1) is 11.8. The molecule has 2 aromatic heterocycles. The first-order valence-corrected chi connectivity index (χ1v) is 7.45. The molecular weight excluding hydrogens is 332 g/mol. The average molecular weight is 350 g/mol. The minimum Gasteiger partial charge on any atom is -0.464 e. The normalized spacial score (nSPS) is 11.8. The topological polar surface area (TPSA) is 134 Å². The minimum atomic E-state index is -0.829. The summed E-state index contributed by atoms with van der Waals surface area (Å²) in [5.41, 5.74) is 0.643. The van der Waals surface area contributed by atoms with E-state index in [0.29, 0.717) is 12.2 Å². The third-order valence-corrected chi connectivity index (χ3v) is 3.57. The molecular formula is C14H18N6O5. The molecule has 134 valence electrons. The molecule has 0 aromatic carbocycles. The van der Waals surface area contributed by atoms with Gasteiger partial charge in [-0.25, -0.2) is 4.79 Å². The predicted octanol–water partition coefficient (Wildman–Crippen LogP) is 1.30. The van der Waals surface area contributed by atoms with Gasteiger partial charge in [0, 0.05) is 12.7 Å². The van der Waals surface area contributed by atoms with Crippen molar-refractivity contribution in [2.24, 2.45) is 0 Å². The highest BCUT2D eigenvalue weighted by Crippen LogP contribution is 2.20. The number of methoxy groups -OCH3 is 1. The number of carbonyl (C=O) groups excluding carboxylic acids is 2. The Balaban J connectivity index is 2.26. The SMILES string of the molecule is CCn1cc(NC(=O)C(C)n2nc([N+](=O)[O-])cc2C)c(C(=O)OC)n1. The number of nitrogens with zero attached hydrogens (tertiary/aromatic N) is 5. The second-order valence-electron chi connectivity index (χ2n) is 5.25. The maximum absolute atomic E-state index is 12.5. The Hall–Kier alpha value is -3.24. The molecule has 0 spiro atoms. The van der Waals surface area contributed by atoms with Gasteiger partial charge in [0.1, 0.15) is 6.04 Å². The number of carbonyl (C=O) groups is 2. The van der Waals surface area contributed by atoms with E-state index in [9.17, 15) is 19.7 Å². The van der Waals surface area contributed by atoms with Crippen LogP contribution in [0.1, 0.15) is 36.1 Å². The van der Waals surface area contributed by atoms with Crippen molar-refractivity contribution in [3.05, 3.63) is 33.8 Å². The van der Waals surface area contributed by atoms with Gasteiger partial charge in [-0.3, -0.25) is 9.48 Å². The molecule has 1 amide bonds. The molecule has 2 heterocycles. The number of hydrogen-bond donors (Lipinski definition) is 1. The Morgan fingerprint density at radius 1 is 1.44 bits per heavy atom. The predicted molar refractivity (Wildman–Crippen MR) is 86.2 cm³/mol. The van der Waals surface area contributed by atoms with Crippen molar-refractivity contribution >= 4 is 23.4 Å². The summed E-state index contributed by atoms with van der Waals surface area (Å²) in [7, 11) is 1.22. The quantitative estimate of drug-likeness (QED) is 0.471. The van der Waals surface area contributed by atoms with E-state index in [2.05, 4.69) is 20.3 Å². The van der Waals surface area contributed by atoms with Crippen LogP contribution in [0.3, 0.4) is 0 Å². The largest absolute Gasteiger partial charge is 0.464 e. The van der Waals surface area contributed by atoms with E-state index < -0.39 is 22.8 Å². The van der Waals surface area contributed by atoms with Crippen LogP contribution in [-0.2, 0) is 16.1 Å². The summed E-state index contributed by atoms with van der Waals surface area (Å²) in [6.45, 7) is 5.48. The highest BCUT2D eigenvalue weighted by Gasteiger charge is 2.27. The molecule has 1 N–H and O–H groups in total. The maximum Gasteiger partial charge on any atom is 0.390 e. The van der Waals surface area contributed by atoms with E-state index >= 15 is 0 Å². The van der Waals surface area contributed by atoms with Crippen LogP contribution in [0.15, 0.2) is 12.3 Å². The van der Waals surface area contributed by atoms with E-state index in [1.54, 1.807) is 13.8 Å². The number of nitro groups is 1. The molecule has 11 heteroatoms. The van der Waals surface area contributed by atoms with E-state index in [1.807, 2.05) is 6.92 Å². The van der Waals surface area contributed by atoms with Gasteiger partial charge in [0.05, 0.1) is 29.7 Å². The molecule has 0 bridgehead atoms. The van der Waals surface area contributed by atoms with E-state index in [-0.39, 0.29) is 17.2 Å². The Labute approximate surface area is 142 Å². The Morgan fingerprint density at radius 2 is 2.12 bits per heavy atom. The van der Waals surface area contributed by atoms with Crippen LogP contribution in [-0.4, -0.2) is 43.5 Å². The zero-order valence-electron chi connectivity index (χ0n) is 14.2. The van der Waals surface area contributed by atoms with Crippen LogP contribution < -0.4 is 5.32 Å². The lowest BCUT2D eigenvalue weighted by molar-refractivity contribution is -0.389. The number of hydrogen-bond acceptors (Lipinski definition) is 7. The third kappa shape index (κ3) is 3.65. The van der Waals surface area contributed by atoms with Crippen molar-refractivity contribution < 1.29 is 19.2 Å². The molecule has 0 fully saturated rings. The smallest absolute Gasteiger partial charge is 0.390 e. The molecule has 1 unspecified atom stereocenters. The molecule has 0 aliphatic carbocycles. The van der Waals surface area contributed by atoms with Gasteiger partial charge in [0.25, 0.3) is 5.91 Å². The van der Waals surface area contributed by atoms with Gasteiger partial charge in [-0.15, -0.1) is 0 Å². The standard InChI is InChI=1S/C14H18N6O5/c1-5-18-7-10(12(17-18)14(22)25-4)15-13(21)9(3)19-8(2)6-11(16-19)20(23)24/h6-7,9H,5H2,1-4H3,(H,15,21). The fourth-order valence-electron chi connectivity index (χ4n) is 2.22. The summed E-state index contributed by atoms with van der Waals surface area (Å²) in [5, 5.41) is 21.3. The summed E-state index contributed by atoms with van der Waals surface area (Å²) in [6.07, 6.45) is 1.51. The molecule has 0 radical (unpaired) electrons. The number of ether oxygens (including phenoxy) is 1. The maximum atomic E-state index is 12.5. The van der Waals surface area contributed by atoms with Gasteiger partial charge < -0.3 is 20.2 Å². The lowest BCUT2D eigenvalue weighted by atomic mass is 10.3. The van der Waals surface area contributed by atoms with E-state index in [1.165, 1.54) is 28.7 Å². The van der Waals surface area contributed by atoms with E-state index in [4.69, 9.17) is 0 Å². The fraction of sp³-hybridized carbons (Fsp3) is 0.429. The molecule has 0 saturated heterocycles. The second kappa shape index (κ2) is 7.11. The molecule has 0 saturated carbocycles. The molecule has 0 aliphatic heterocycles. The van der Waals surface area contributed by atoms with Crippen LogP contribution in [0, 0.1) is 17.0 Å². The Kier molecular flexibility index (Phi) is 5.15.